The third-order valence-corrected chi connectivity index (χ3v) is 4.15. The average Bonchev–Trinajstić information content (AvgIpc) is 2.68. The molecule has 1 aromatic carbocycles. The molecule has 0 amide bonds. The molecular weight excluding hydrogens is 194 g/mol. The van der Waals surface area contributed by atoms with Gasteiger partial charge in [0.1, 0.15) is 0 Å². The second-order valence-corrected chi connectivity index (χ2v) is 5.75. The number of rotatable bonds is 2. The first kappa shape index (κ1) is 10.3. The Morgan fingerprint density at radius 3 is 2.94 bits per heavy atom. The van der Waals surface area contributed by atoms with Gasteiger partial charge >= 0.3 is 0 Å². The lowest BCUT2D eigenvalue weighted by molar-refractivity contribution is 0.343. The van der Waals surface area contributed by atoms with E-state index in [0.29, 0.717) is 0 Å². The fraction of sp³-hybridized carbons (Fsp3) is 0.600. The van der Waals surface area contributed by atoms with Gasteiger partial charge in [-0.1, -0.05) is 32.0 Å². The van der Waals surface area contributed by atoms with Crippen LogP contribution in [0, 0.1) is 5.92 Å². The Hall–Kier alpha value is -0.820. The summed E-state index contributed by atoms with van der Waals surface area (Å²) < 4.78 is 0. The molecular formula is C15H21N. The van der Waals surface area contributed by atoms with Gasteiger partial charge in [0.15, 0.2) is 0 Å². The highest BCUT2D eigenvalue weighted by atomic mass is 14.9. The number of benzene rings is 1. The molecule has 0 aromatic heterocycles. The van der Waals surface area contributed by atoms with E-state index in [2.05, 4.69) is 37.4 Å². The van der Waals surface area contributed by atoms with Crippen LogP contribution in [-0.2, 0) is 13.0 Å². The lowest BCUT2D eigenvalue weighted by Crippen LogP contribution is -2.39. The Kier molecular flexibility index (Phi) is 2.51. The molecule has 2 atom stereocenters. The van der Waals surface area contributed by atoms with Gasteiger partial charge in [0.25, 0.3) is 0 Å². The first-order valence-electron chi connectivity index (χ1n) is 6.59. The fourth-order valence-corrected chi connectivity index (χ4v) is 3.51. The third kappa shape index (κ3) is 1.58. The first-order chi connectivity index (χ1) is 7.75. The Morgan fingerprint density at radius 1 is 1.31 bits per heavy atom. The van der Waals surface area contributed by atoms with Gasteiger partial charge in [0.2, 0.25) is 0 Å². The van der Waals surface area contributed by atoms with Crippen LogP contribution in [0.1, 0.15) is 49.3 Å². The van der Waals surface area contributed by atoms with Gasteiger partial charge in [-0.25, -0.2) is 0 Å². The predicted molar refractivity (Wildman–Crippen MR) is 67.6 cm³/mol. The van der Waals surface area contributed by atoms with Crippen LogP contribution in [0.3, 0.4) is 0 Å². The lowest BCUT2D eigenvalue weighted by atomic mass is 9.82. The number of aryl methyl sites for hydroxylation is 1. The van der Waals surface area contributed by atoms with Crippen molar-refractivity contribution in [3.8, 4) is 0 Å². The van der Waals surface area contributed by atoms with Crippen molar-refractivity contribution in [2.75, 3.05) is 0 Å². The molecule has 0 saturated carbocycles. The van der Waals surface area contributed by atoms with Crippen LogP contribution in [0.5, 0.6) is 0 Å². The summed E-state index contributed by atoms with van der Waals surface area (Å²) >= 11 is 0. The summed E-state index contributed by atoms with van der Waals surface area (Å²) in [7, 11) is 0. The summed E-state index contributed by atoms with van der Waals surface area (Å²) in [4.78, 5) is 0. The minimum atomic E-state index is 0.719. The van der Waals surface area contributed by atoms with E-state index in [1.165, 1.54) is 19.3 Å². The van der Waals surface area contributed by atoms with Crippen LogP contribution < -0.4 is 5.32 Å². The molecule has 2 aliphatic rings. The molecule has 1 heteroatoms. The van der Waals surface area contributed by atoms with Gasteiger partial charge in [0.05, 0.1) is 0 Å². The van der Waals surface area contributed by atoms with Gasteiger partial charge < -0.3 is 5.32 Å². The molecule has 1 aliphatic carbocycles. The van der Waals surface area contributed by atoms with E-state index in [1.807, 2.05) is 0 Å². The molecule has 16 heavy (non-hydrogen) atoms. The van der Waals surface area contributed by atoms with E-state index < -0.39 is 0 Å². The van der Waals surface area contributed by atoms with Crippen LogP contribution in [0.25, 0.3) is 0 Å². The zero-order chi connectivity index (χ0) is 11.1. The van der Waals surface area contributed by atoms with E-state index in [9.17, 15) is 0 Å². The van der Waals surface area contributed by atoms with Gasteiger partial charge in [-0.15, -0.1) is 0 Å². The van der Waals surface area contributed by atoms with E-state index in [-0.39, 0.29) is 0 Å². The molecule has 1 heterocycles. The zero-order valence-corrected chi connectivity index (χ0v) is 10.3. The lowest BCUT2D eigenvalue weighted by Gasteiger charge is -2.33. The molecule has 1 aliphatic heterocycles. The molecule has 0 spiro atoms. The van der Waals surface area contributed by atoms with Crippen LogP contribution in [0.4, 0.5) is 0 Å². The van der Waals surface area contributed by atoms with Crippen molar-refractivity contribution < 1.29 is 0 Å². The number of nitrogens with one attached hydrogen (secondary N) is 1. The van der Waals surface area contributed by atoms with E-state index in [4.69, 9.17) is 0 Å². The fourth-order valence-electron chi connectivity index (χ4n) is 3.51. The topological polar surface area (TPSA) is 12.0 Å². The number of hydrogen-bond donors (Lipinski definition) is 1. The Morgan fingerprint density at radius 2 is 2.12 bits per heavy atom. The standard InChI is InChI=1S/C15H21N/c1-10(2)8-14-13-7-6-11-4-3-5-12(9-16-14)15(11)13/h3-5,10,13-14,16H,6-9H2,1-2H3. The van der Waals surface area contributed by atoms with Crippen molar-refractivity contribution >= 4 is 0 Å². The highest BCUT2D eigenvalue weighted by molar-refractivity contribution is 5.44. The monoisotopic (exact) mass is 215 g/mol. The zero-order valence-electron chi connectivity index (χ0n) is 10.3. The van der Waals surface area contributed by atoms with E-state index >= 15 is 0 Å². The largest absolute Gasteiger partial charge is 0.309 e. The molecule has 86 valence electrons. The van der Waals surface area contributed by atoms with Crippen molar-refractivity contribution in [1.29, 1.82) is 0 Å². The molecule has 0 radical (unpaired) electrons. The quantitative estimate of drug-likeness (QED) is 0.798. The molecule has 1 aromatic rings. The van der Waals surface area contributed by atoms with Crippen molar-refractivity contribution in [1.82, 2.24) is 5.32 Å². The minimum absolute atomic E-state index is 0.719. The normalized spacial score (nSPS) is 27.2. The molecule has 0 saturated heterocycles. The highest BCUT2D eigenvalue weighted by Gasteiger charge is 2.34. The molecule has 1 N–H and O–H groups in total. The van der Waals surface area contributed by atoms with Gasteiger partial charge in [0, 0.05) is 18.5 Å². The van der Waals surface area contributed by atoms with Crippen molar-refractivity contribution in [3.05, 3.63) is 34.9 Å². The van der Waals surface area contributed by atoms with Gasteiger partial charge in [-0.3, -0.25) is 0 Å². The predicted octanol–water partition coefficient (Wildman–Crippen LogP) is 3.23. The maximum Gasteiger partial charge on any atom is 0.0211 e. The van der Waals surface area contributed by atoms with Gasteiger partial charge in [-0.2, -0.15) is 0 Å². The first-order valence-corrected chi connectivity index (χ1v) is 6.59. The molecule has 0 bridgehead atoms. The van der Waals surface area contributed by atoms with E-state index in [1.54, 1.807) is 16.7 Å². The van der Waals surface area contributed by atoms with Gasteiger partial charge in [-0.05, 0) is 41.9 Å². The third-order valence-electron chi connectivity index (χ3n) is 4.15. The molecule has 3 rings (SSSR count). The molecule has 1 nitrogen and oxygen atoms in total. The summed E-state index contributed by atoms with van der Waals surface area (Å²) in [5, 5.41) is 3.74. The SMILES string of the molecule is CC(C)CC1NCc2cccc3c2C1CC3. The van der Waals surface area contributed by atoms with Crippen LogP contribution >= 0.6 is 0 Å². The van der Waals surface area contributed by atoms with Crippen molar-refractivity contribution in [2.24, 2.45) is 5.92 Å². The second-order valence-electron chi connectivity index (χ2n) is 5.75. The second kappa shape index (κ2) is 3.89. The maximum absolute atomic E-state index is 3.74. The van der Waals surface area contributed by atoms with Crippen LogP contribution in [-0.4, -0.2) is 6.04 Å². The average molecular weight is 215 g/mol. The Bertz CT molecular complexity index is 394. The maximum atomic E-state index is 3.74. The summed E-state index contributed by atoms with van der Waals surface area (Å²) in [6.45, 7) is 5.74. The van der Waals surface area contributed by atoms with Crippen molar-refractivity contribution in [2.45, 2.75) is 51.6 Å². The summed E-state index contributed by atoms with van der Waals surface area (Å²) in [6.07, 6.45) is 3.97. The molecule has 0 fully saturated rings. The summed E-state index contributed by atoms with van der Waals surface area (Å²) in [5.74, 6) is 1.59. The minimum Gasteiger partial charge on any atom is -0.309 e. The number of hydrogen-bond acceptors (Lipinski definition) is 1. The van der Waals surface area contributed by atoms with Crippen molar-refractivity contribution in [3.63, 3.8) is 0 Å². The Balaban J connectivity index is 1.93. The van der Waals surface area contributed by atoms with E-state index in [0.717, 1.165) is 24.4 Å². The van der Waals surface area contributed by atoms with Crippen LogP contribution in [0.15, 0.2) is 18.2 Å². The highest BCUT2D eigenvalue weighted by Crippen LogP contribution is 2.41. The van der Waals surface area contributed by atoms with Crippen LogP contribution in [0.2, 0.25) is 0 Å². The Labute approximate surface area is 98.3 Å². The molecule has 2 unspecified atom stereocenters. The summed E-state index contributed by atoms with van der Waals surface area (Å²) in [5.41, 5.74) is 4.88. The smallest absolute Gasteiger partial charge is 0.0211 e. The summed E-state index contributed by atoms with van der Waals surface area (Å²) in [6, 6.07) is 7.57.